The Kier molecular flexibility index (Phi) is 4.04. The maximum absolute atomic E-state index is 10.7. The second-order valence-corrected chi connectivity index (χ2v) is 5.25. The van der Waals surface area contributed by atoms with Gasteiger partial charge < -0.3 is 9.84 Å². The largest absolute Gasteiger partial charge is 0.497 e. The lowest BCUT2D eigenvalue weighted by Crippen LogP contribution is -2.22. The van der Waals surface area contributed by atoms with Crippen LogP contribution >= 0.6 is 23.2 Å². The molecule has 0 saturated heterocycles. The number of aliphatic hydroxyl groups is 1. The van der Waals surface area contributed by atoms with Gasteiger partial charge in [0.05, 0.1) is 17.2 Å². The molecule has 1 atom stereocenters. The van der Waals surface area contributed by atoms with E-state index in [9.17, 15) is 5.11 Å². The third-order valence-corrected chi connectivity index (χ3v) is 3.85. The van der Waals surface area contributed by atoms with Crippen molar-refractivity contribution in [2.75, 3.05) is 7.11 Å². The van der Waals surface area contributed by atoms with Crippen molar-refractivity contribution in [1.82, 2.24) is 0 Å². The summed E-state index contributed by atoms with van der Waals surface area (Å²) in [6.45, 7) is 1.71. The number of methoxy groups -OCH3 is 1. The van der Waals surface area contributed by atoms with Crippen LogP contribution in [0, 0.1) is 0 Å². The van der Waals surface area contributed by atoms with Crippen molar-refractivity contribution in [3.8, 4) is 5.75 Å². The van der Waals surface area contributed by atoms with Gasteiger partial charge in [-0.15, -0.1) is 0 Å². The van der Waals surface area contributed by atoms with Crippen molar-refractivity contribution in [2.45, 2.75) is 12.5 Å². The molecule has 0 aliphatic rings. The molecule has 0 aromatic heterocycles. The molecular weight excluding hydrogens is 283 g/mol. The smallest absolute Gasteiger partial charge is 0.119 e. The minimum atomic E-state index is -1.16. The van der Waals surface area contributed by atoms with Gasteiger partial charge in [-0.1, -0.05) is 41.4 Å². The first kappa shape index (κ1) is 14.2. The lowest BCUT2D eigenvalue weighted by molar-refractivity contribution is 0.102. The summed E-state index contributed by atoms with van der Waals surface area (Å²) in [5.74, 6) is 0.692. The second-order valence-electron chi connectivity index (χ2n) is 4.43. The van der Waals surface area contributed by atoms with E-state index in [0.717, 1.165) is 5.56 Å². The van der Waals surface area contributed by atoms with Crippen LogP contribution in [0.5, 0.6) is 5.75 Å². The highest BCUT2D eigenvalue weighted by molar-refractivity contribution is 6.42. The molecule has 0 heterocycles. The number of rotatable bonds is 3. The van der Waals surface area contributed by atoms with Crippen molar-refractivity contribution >= 4 is 23.2 Å². The summed E-state index contributed by atoms with van der Waals surface area (Å²) < 4.78 is 5.17. The fourth-order valence-corrected chi connectivity index (χ4v) is 2.19. The van der Waals surface area contributed by atoms with Gasteiger partial charge in [0, 0.05) is 0 Å². The van der Waals surface area contributed by atoms with Crippen molar-refractivity contribution in [3.63, 3.8) is 0 Å². The van der Waals surface area contributed by atoms with Crippen molar-refractivity contribution in [1.29, 1.82) is 0 Å². The summed E-state index contributed by atoms with van der Waals surface area (Å²) >= 11 is 11.9. The van der Waals surface area contributed by atoms with Crippen molar-refractivity contribution < 1.29 is 9.84 Å². The van der Waals surface area contributed by atoms with Crippen LogP contribution in [0.2, 0.25) is 10.0 Å². The monoisotopic (exact) mass is 296 g/mol. The van der Waals surface area contributed by atoms with Gasteiger partial charge in [0.25, 0.3) is 0 Å². The average Bonchev–Trinajstić information content (AvgIpc) is 2.41. The molecule has 2 nitrogen and oxygen atoms in total. The first-order chi connectivity index (χ1) is 8.95. The molecule has 2 aromatic carbocycles. The summed E-state index contributed by atoms with van der Waals surface area (Å²) in [6, 6.07) is 12.4. The molecule has 0 aliphatic heterocycles. The molecule has 0 fully saturated rings. The fraction of sp³-hybridized carbons (Fsp3) is 0.200. The first-order valence-corrected chi connectivity index (χ1v) is 6.53. The van der Waals surface area contributed by atoms with Crippen LogP contribution in [0.4, 0.5) is 0 Å². The number of halogens is 2. The zero-order chi connectivity index (χ0) is 14.0. The Bertz CT molecular complexity index is 594. The van der Waals surface area contributed by atoms with Gasteiger partial charge >= 0.3 is 0 Å². The number of hydrogen-bond donors (Lipinski definition) is 1. The molecule has 0 bridgehead atoms. The Morgan fingerprint density at radius 2 is 1.68 bits per heavy atom. The van der Waals surface area contributed by atoms with Crippen LogP contribution in [0.25, 0.3) is 0 Å². The number of ether oxygens (including phenoxy) is 1. The highest BCUT2D eigenvalue weighted by Gasteiger charge is 2.26. The molecule has 0 spiro atoms. The highest BCUT2D eigenvalue weighted by Crippen LogP contribution is 2.34. The van der Waals surface area contributed by atoms with Gasteiger partial charge in [0.1, 0.15) is 11.4 Å². The molecule has 4 heteroatoms. The molecule has 1 N–H and O–H groups in total. The Labute approximate surface area is 122 Å². The van der Waals surface area contributed by atoms with E-state index < -0.39 is 5.60 Å². The van der Waals surface area contributed by atoms with Gasteiger partial charge in [0.15, 0.2) is 0 Å². The molecule has 19 heavy (non-hydrogen) atoms. The Morgan fingerprint density at radius 3 is 2.32 bits per heavy atom. The Hall–Kier alpha value is -1.22. The molecule has 0 saturated carbocycles. The third kappa shape index (κ3) is 2.86. The molecular formula is C15H14Cl2O2. The van der Waals surface area contributed by atoms with E-state index in [1.807, 2.05) is 18.2 Å². The molecule has 1 unspecified atom stereocenters. The SMILES string of the molecule is COc1cccc(C(C)(O)c2ccc(Cl)c(Cl)c2)c1. The van der Waals surface area contributed by atoms with Gasteiger partial charge in [0.2, 0.25) is 0 Å². The number of benzene rings is 2. The van der Waals surface area contributed by atoms with E-state index in [2.05, 4.69) is 0 Å². The minimum absolute atomic E-state index is 0.419. The van der Waals surface area contributed by atoms with E-state index in [1.165, 1.54) is 0 Å². The normalized spacial score (nSPS) is 13.9. The maximum Gasteiger partial charge on any atom is 0.119 e. The summed E-state index contributed by atoms with van der Waals surface area (Å²) in [7, 11) is 1.59. The predicted molar refractivity (Wildman–Crippen MR) is 78.1 cm³/mol. The molecule has 0 radical (unpaired) electrons. The lowest BCUT2D eigenvalue weighted by atomic mass is 9.88. The van der Waals surface area contributed by atoms with E-state index in [0.29, 0.717) is 21.4 Å². The Morgan fingerprint density at radius 1 is 1.00 bits per heavy atom. The zero-order valence-corrected chi connectivity index (χ0v) is 12.2. The van der Waals surface area contributed by atoms with Crippen LogP contribution in [0.1, 0.15) is 18.1 Å². The summed E-state index contributed by atoms with van der Waals surface area (Å²) in [5, 5.41) is 11.6. The van der Waals surface area contributed by atoms with Crippen LogP contribution in [0.3, 0.4) is 0 Å². The molecule has 0 amide bonds. The molecule has 0 aliphatic carbocycles. The molecule has 100 valence electrons. The molecule has 2 aromatic rings. The van der Waals surface area contributed by atoms with Gasteiger partial charge in [-0.3, -0.25) is 0 Å². The maximum atomic E-state index is 10.7. The van der Waals surface area contributed by atoms with Crippen LogP contribution in [-0.2, 0) is 5.60 Å². The zero-order valence-electron chi connectivity index (χ0n) is 10.7. The van der Waals surface area contributed by atoms with Gasteiger partial charge in [-0.2, -0.15) is 0 Å². The van der Waals surface area contributed by atoms with Crippen LogP contribution < -0.4 is 4.74 Å². The van der Waals surface area contributed by atoms with Gasteiger partial charge in [-0.25, -0.2) is 0 Å². The van der Waals surface area contributed by atoms with Crippen LogP contribution in [0.15, 0.2) is 42.5 Å². The molecule has 2 rings (SSSR count). The quantitative estimate of drug-likeness (QED) is 0.917. The standard InChI is InChI=1S/C15H14Cl2O2/c1-15(18,10-4-3-5-12(8-10)19-2)11-6-7-13(16)14(17)9-11/h3-9,18H,1-2H3. The Balaban J connectivity index is 2.47. The topological polar surface area (TPSA) is 29.5 Å². The van der Waals surface area contributed by atoms with E-state index >= 15 is 0 Å². The van der Waals surface area contributed by atoms with E-state index in [1.54, 1.807) is 38.3 Å². The van der Waals surface area contributed by atoms with Gasteiger partial charge in [-0.05, 0) is 42.3 Å². The third-order valence-electron chi connectivity index (χ3n) is 3.11. The predicted octanol–water partition coefficient (Wildman–Crippen LogP) is 4.26. The summed E-state index contributed by atoms with van der Waals surface area (Å²) in [5.41, 5.74) is 0.239. The second kappa shape index (κ2) is 5.41. The fourth-order valence-electron chi connectivity index (χ4n) is 1.89. The van der Waals surface area contributed by atoms with E-state index in [-0.39, 0.29) is 0 Å². The summed E-state index contributed by atoms with van der Waals surface area (Å²) in [4.78, 5) is 0. The van der Waals surface area contributed by atoms with Crippen molar-refractivity contribution in [2.24, 2.45) is 0 Å². The van der Waals surface area contributed by atoms with E-state index in [4.69, 9.17) is 27.9 Å². The lowest BCUT2D eigenvalue weighted by Gasteiger charge is -2.25. The average molecular weight is 297 g/mol. The van der Waals surface area contributed by atoms with Crippen molar-refractivity contribution in [3.05, 3.63) is 63.6 Å². The minimum Gasteiger partial charge on any atom is -0.497 e. The first-order valence-electron chi connectivity index (χ1n) is 5.77. The number of hydrogen-bond acceptors (Lipinski definition) is 2. The van der Waals surface area contributed by atoms with Crippen LogP contribution in [-0.4, -0.2) is 12.2 Å². The summed E-state index contributed by atoms with van der Waals surface area (Å²) in [6.07, 6.45) is 0. The highest BCUT2D eigenvalue weighted by atomic mass is 35.5.